The van der Waals surface area contributed by atoms with E-state index in [2.05, 4.69) is 176 Å². The summed E-state index contributed by atoms with van der Waals surface area (Å²) in [4.78, 5) is 2.41. The smallest absolute Gasteiger partial charge is 0.0468 e. The molecule has 6 aromatic rings. The SMILES string of the molecule is CC(C)(C)c1ccc2cc(N(c3ccc4cc(C(C)(C)C)ccc4c3)c3ccc4cc(C(C)(C)C)ccc4c3)ccc2c1. The average Bonchev–Trinajstić information content (AvgIpc) is 2.95. The van der Waals surface area contributed by atoms with Gasteiger partial charge in [-0.2, -0.15) is 0 Å². The average molecular weight is 564 g/mol. The molecule has 43 heavy (non-hydrogen) atoms. The van der Waals surface area contributed by atoms with Crippen molar-refractivity contribution in [2.45, 2.75) is 78.6 Å². The summed E-state index contributed by atoms with van der Waals surface area (Å²) < 4.78 is 0. The van der Waals surface area contributed by atoms with Gasteiger partial charge in [0.25, 0.3) is 0 Å². The molecule has 0 fully saturated rings. The van der Waals surface area contributed by atoms with Gasteiger partial charge < -0.3 is 4.90 Å². The molecule has 0 saturated carbocycles. The van der Waals surface area contributed by atoms with Crippen LogP contribution in [-0.2, 0) is 16.2 Å². The highest BCUT2D eigenvalue weighted by Gasteiger charge is 2.19. The lowest BCUT2D eigenvalue weighted by molar-refractivity contribution is 0.591. The quantitative estimate of drug-likeness (QED) is 0.207. The molecule has 1 heteroatoms. The minimum absolute atomic E-state index is 0.120. The van der Waals surface area contributed by atoms with E-state index < -0.39 is 0 Å². The summed E-state index contributed by atoms with van der Waals surface area (Å²) in [5.41, 5.74) is 7.92. The number of hydrogen-bond acceptors (Lipinski definition) is 1. The van der Waals surface area contributed by atoms with Crippen molar-refractivity contribution >= 4 is 49.4 Å². The molecule has 0 aliphatic heterocycles. The summed E-state index contributed by atoms with van der Waals surface area (Å²) in [5, 5.41) is 7.58. The molecule has 0 amide bonds. The number of nitrogens with zero attached hydrogens (tertiary/aromatic N) is 1. The van der Waals surface area contributed by atoms with Gasteiger partial charge in [0, 0.05) is 17.1 Å². The Morgan fingerprint density at radius 2 is 0.535 bits per heavy atom. The predicted molar refractivity (Wildman–Crippen MR) is 190 cm³/mol. The number of rotatable bonds is 3. The van der Waals surface area contributed by atoms with Gasteiger partial charge in [0.1, 0.15) is 0 Å². The lowest BCUT2D eigenvalue weighted by Crippen LogP contribution is -2.12. The first kappa shape index (κ1) is 29.0. The molecule has 1 nitrogen and oxygen atoms in total. The summed E-state index contributed by atoms with van der Waals surface area (Å²) in [6.07, 6.45) is 0. The molecule has 0 aliphatic carbocycles. The lowest BCUT2D eigenvalue weighted by Gasteiger charge is -2.27. The highest BCUT2D eigenvalue weighted by atomic mass is 15.1. The van der Waals surface area contributed by atoms with Crippen molar-refractivity contribution in [2.24, 2.45) is 0 Å². The lowest BCUT2D eigenvalue weighted by atomic mass is 9.85. The zero-order chi connectivity index (χ0) is 30.7. The van der Waals surface area contributed by atoms with Gasteiger partial charge in [-0.3, -0.25) is 0 Å². The minimum Gasteiger partial charge on any atom is -0.310 e. The van der Waals surface area contributed by atoms with E-state index in [4.69, 9.17) is 0 Å². The molecule has 218 valence electrons. The van der Waals surface area contributed by atoms with E-state index >= 15 is 0 Å². The molecule has 0 aliphatic rings. The highest BCUT2D eigenvalue weighted by Crippen LogP contribution is 2.40. The van der Waals surface area contributed by atoms with Gasteiger partial charge in [0.15, 0.2) is 0 Å². The third-order valence-electron chi connectivity index (χ3n) is 8.84. The number of anilines is 3. The van der Waals surface area contributed by atoms with Gasteiger partial charge in [0.05, 0.1) is 0 Å². The topological polar surface area (TPSA) is 3.24 Å². The van der Waals surface area contributed by atoms with Crippen molar-refractivity contribution < 1.29 is 0 Å². The fraction of sp³-hybridized carbons (Fsp3) is 0.286. The third-order valence-corrected chi connectivity index (χ3v) is 8.84. The monoisotopic (exact) mass is 563 g/mol. The first-order chi connectivity index (χ1) is 20.2. The predicted octanol–water partition coefficient (Wildman–Crippen LogP) is 12.5. The van der Waals surface area contributed by atoms with E-state index in [1.54, 1.807) is 0 Å². The molecule has 6 aromatic carbocycles. The number of fused-ring (bicyclic) bond motifs is 3. The first-order valence-electron chi connectivity index (χ1n) is 15.6. The second-order valence-electron chi connectivity index (χ2n) is 15.3. The van der Waals surface area contributed by atoms with Crippen LogP contribution in [0.25, 0.3) is 32.3 Å². The van der Waals surface area contributed by atoms with Gasteiger partial charge in [-0.25, -0.2) is 0 Å². The van der Waals surface area contributed by atoms with E-state index in [-0.39, 0.29) is 16.2 Å². The molecule has 0 heterocycles. The Bertz CT molecular complexity index is 1740. The van der Waals surface area contributed by atoms with Crippen molar-refractivity contribution in [3.8, 4) is 0 Å². The van der Waals surface area contributed by atoms with Crippen molar-refractivity contribution in [1.82, 2.24) is 0 Å². The fourth-order valence-corrected chi connectivity index (χ4v) is 5.96. The Hall–Kier alpha value is -4.10. The van der Waals surface area contributed by atoms with Crippen LogP contribution in [-0.4, -0.2) is 0 Å². The zero-order valence-electron chi connectivity index (χ0n) is 27.3. The van der Waals surface area contributed by atoms with Crippen LogP contribution < -0.4 is 4.90 Å². The molecule has 0 saturated heterocycles. The summed E-state index contributed by atoms with van der Waals surface area (Å²) in [5.74, 6) is 0. The van der Waals surface area contributed by atoms with Gasteiger partial charge >= 0.3 is 0 Å². The maximum absolute atomic E-state index is 2.41. The fourth-order valence-electron chi connectivity index (χ4n) is 5.96. The summed E-state index contributed by atoms with van der Waals surface area (Å²) in [7, 11) is 0. The molecular formula is C42H45N. The summed E-state index contributed by atoms with van der Waals surface area (Å²) in [6.45, 7) is 20.5. The Balaban J connectivity index is 1.51. The van der Waals surface area contributed by atoms with Crippen LogP contribution in [0.5, 0.6) is 0 Å². The van der Waals surface area contributed by atoms with E-state index in [0.29, 0.717) is 0 Å². The molecular weight excluding hydrogens is 518 g/mol. The van der Waals surface area contributed by atoms with Crippen LogP contribution in [0.1, 0.15) is 79.0 Å². The molecule has 6 rings (SSSR count). The van der Waals surface area contributed by atoms with E-state index in [9.17, 15) is 0 Å². The Labute approximate surface area is 258 Å². The van der Waals surface area contributed by atoms with Crippen LogP contribution in [0, 0.1) is 0 Å². The van der Waals surface area contributed by atoms with Gasteiger partial charge in [0.2, 0.25) is 0 Å². The van der Waals surface area contributed by atoms with E-state index in [0.717, 1.165) is 17.1 Å². The Morgan fingerprint density at radius 3 is 0.791 bits per heavy atom. The van der Waals surface area contributed by atoms with Gasteiger partial charge in [-0.15, -0.1) is 0 Å². The largest absolute Gasteiger partial charge is 0.310 e. The maximum atomic E-state index is 2.41. The van der Waals surface area contributed by atoms with Crippen molar-refractivity contribution in [1.29, 1.82) is 0 Å². The Morgan fingerprint density at radius 1 is 0.302 bits per heavy atom. The van der Waals surface area contributed by atoms with Crippen molar-refractivity contribution in [3.05, 3.63) is 126 Å². The highest BCUT2D eigenvalue weighted by molar-refractivity contribution is 5.95. The molecule has 0 atom stereocenters. The normalized spacial score (nSPS) is 12.8. The van der Waals surface area contributed by atoms with Gasteiger partial charge in [-0.05, 0) is 102 Å². The standard InChI is InChI=1S/C42H45N/c1-40(2,3)34-16-10-31-25-37(19-13-28(31)22-34)43(38-20-14-29-23-35(41(4,5)6)17-11-32(29)26-38)39-21-15-30-24-36(42(7,8)9)18-12-33(30)27-39/h10-27H,1-9H3. The second kappa shape index (κ2) is 10.3. The zero-order valence-corrected chi connectivity index (χ0v) is 27.3. The van der Waals surface area contributed by atoms with Crippen LogP contribution in [0.4, 0.5) is 17.1 Å². The van der Waals surface area contributed by atoms with Crippen molar-refractivity contribution in [2.75, 3.05) is 4.90 Å². The molecule has 0 N–H and O–H groups in total. The molecule has 0 radical (unpaired) electrons. The van der Waals surface area contributed by atoms with Crippen LogP contribution in [0.3, 0.4) is 0 Å². The van der Waals surface area contributed by atoms with Crippen LogP contribution in [0.15, 0.2) is 109 Å². The molecule has 0 aromatic heterocycles. The summed E-state index contributed by atoms with van der Waals surface area (Å²) >= 11 is 0. The van der Waals surface area contributed by atoms with E-state index in [1.165, 1.54) is 49.0 Å². The molecule has 0 spiro atoms. The summed E-state index contributed by atoms with van der Waals surface area (Å²) in [6, 6.07) is 41.4. The maximum Gasteiger partial charge on any atom is 0.0468 e. The third kappa shape index (κ3) is 5.78. The molecule has 0 unspecified atom stereocenters. The number of benzene rings is 6. The minimum atomic E-state index is 0.120. The molecule has 0 bridgehead atoms. The Kier molecular flexibility index (Phi) is 6.92. The van der Waals surface area contributed by atoms with Crippen LogP contribution in [0.2, 0.25) is 0 Å². The van der Waals surface area contributed by atoms with Crippen LogP contribution >= 0.6 is 0 Å². The first-order valence-corrected chi connectivity index (χ1v) is 15.6. The number of hydrogen-bond donors (Lipinski definition) is 0. The van der Waals surface area contributed by atoms with Gasteiger partial charge in [-0.1, -0.05) is 135 Å². The second-order valence-corrected chi connectivity index (χ2v) is 15.3. The van der Waals surface area contributed by atoms with Crippen molar-refractivity contribution in [3.63, 3.8) is 0 Å². The van der Waals surface area contributed by atoms with E-state index in [1.807, 2.05) is 0 Å².